The number of hydrogen-bond acceptors (Lipinski definition) is 8. The summed E-state index contributed by atoms with van der Waals surface area (Å²) in [6, 6.07) is 4.75. The number of carbonyl (C=O) groups excluding carboxylic acids is 1. The second-order valence-corrected chi connectivity index (χ2v) is 6.63. The molecule has 0 saturated carbocycles. The molecule has 0 spiro atoms. The number of hydrogen-bond donors (Lipinski definition) is 1. The first-order valence-electron chi connectivity index (χ1n) is 8.43. The number of phenols is 1. The maximum absolute atomic E-state index is 11.4. The summed E-state index contributed by atoms with van der Waals surface area (Å²) in [6.45, 7) is 4.47. The summed E-state index contributed by atoms with van der Waals surface area (Å²) < 4.78 is 21.1. The van der Waals surface area contributed by atoms with Crippen molar-refractivity contribution >= 4 is 22.6 Å². The molecule has 8 heteroatoms. The highest BCUT2D eigenvalue weighted by molar-refractivity contribution is 8.14. The number of aromatic hydroxyl groups is 1. The molecule has 0 bridgehead atoms. The molecule has 1 aromatic carbocycles. The van der Waals surface area contributed by atoms with Crippen LogP contribution >= 0.6 is 11.8 Å². The zero-order valence-electron chi connectivity index (χ0n) is 15.1. The molecule has 2 rings (SSSR count). The molecule has 0 fully saturated rings. The van der Waals surface area contributed by atoms with Crippen LogP contribution in [0.4, 0.5) is 0 Å². The molecule has 26 heavy (non-hydrogen) atoms. The van der Waals surface area contributed by atoms with Crippen LogP contribution in [-0.2, 0) is 19.0 Å². The molecule has 0 radical (unpaired) electrons. The standard InChI is InChI=1S/C18H25NO6S/c1-13(20)16-12-26-18(19-16)15-4-3-14(11-17(15)21)25-10-9-24-8-7-23-6-5-22-2/h3-4,11,16,21H,5-10,12H2,1-2H3/t16-/m1/s1. The van der Waals surface area contributed by atoms with E-state index >= 15 is 0 Å². The molecule has 144 valence electrons. The van der Waals surface area contributed by atoms with Crippen LogP contribution in [0.1, 0.15) is 12.5 Å². The van der Waals surface area contributed by atoms with Crippen LogP contribution in [-0.4, -0.2) is 74.5 Å². The smallest absolute Gasteiger partial charge is 0.155 e. The van der Waals surface area contributed by atoms with Gasteiger partial charge in [-0.25, -0.2) is 0 Å². The van der Waals surface area contributed by atoms with Gasteiger partial charge in [-0.05, 0) is 19.1 Å². The summed E-state index contributed by atoms with van der Waals surface area (Å²) in [5.74, 6) is 1.30. The van der Waals surface area contributed by atoms with Gasteiger partial charge in [0.25, 0.3) is 0 Å². The van der Waals surface area contributed by atoms with Gasteiger partial charge in [-0.15, -0.1) is 11.8 Å². The molecule has 1 N–H and O–H groups in total. The van der Waals surface area contributed by atoms with Gasteiger partial charge < -0.3 is 24.1 Å². The summed E-state index contributed by atoms with van der Waals surface area (Å²) in [5.41, 5.74) is 0.621. The van der Waals surface area contributed by atoms with Gasteiger partial charge in [0.05, 0.1) is 33.0 Å². The SMILES string of the molecule is COCCOCCOCCOc1ccc(C2=N[C@@H](C(C)=O)CS2)c(O)c1. The average molecular weight is 383 g/mol. The molecule has 1 atom stereocenters. The van der Waals surface area contributed by atoms with E-state index in [4.69, 9.17) is 18.9 Å². The monoisotopic (exact) mass is 383 g/mol. The topological polar surface area (TPSA) is 86.6 Å². The van der Waals surface area contributed by atoms with Crippen LogP contribution in [0.25, 0.3) is 0 Å². The Hall–Kier alpha value is -1.61. The highest BCUT2D eigenvalue weighted by Gasteiger charge is 2.24. The predicted octanol–water partition coefficient (Wildman–Crippen LogP) is 1.90. The largest absolute Gasteiger partial charge is 0.507 e. The van der Waals surface area contributed by atoms with Gasteiger partial charge in [0, 0.05) is 24.5 Å². The van der Waals surface area contributed by atoms with Crippen molar-refractivity contribution in [2.45, 2.75) is 13.0 Å². The lowest BCUT2D eigenvalue weighted by molar-refractivity contribution is -0.117. The lowest BCUT2D eigenvalue weighted by Gasteiger charge is -2.10. The van der Waals surface area contributed by atoms with Gasteiger partial charge >= 0.3 is 0 Å². The summed E-state index contributed by atoms with van der Waals surface area (Å²) in [7, 11) is 1.63. The van der Waals surface area contributed by atoms with Crippen LogP contribution in [0.5, 0.6) is 11.5 Å². The van der Waals surface area contributed by atoms with Crippen LogP contribution < -0.4 is 4.74 Å². The number of phenolic OH excluding ortho intramolecular Hbond substituents is 1. The summed E-state index contributed by atoms with van der Waals surface area (Å²) in [5, 5.41) is 10.9. The molecule has 1 aromatic rings. The maximum Gasteiger partial charge on any atom is 0.155 e. The van der Waals surface area contributed by atoms with Gasteiger partial charge in [0.15, 0.2) is 5.78 Å². The Morgan fingerprint density at radius 3 is 2.50 bits per heavy atom. The molecule has 1 aliphatic heterocycles. The van der Waals surface area contributed by atoms with Crippen LogP contribution in [0.15, 0.2) is 23.2 Å². The van der Waals surface area contributed by atoms with E-state index in [0.717, 1.165) is 0 Å². The molecule has 0 amide bonds. The van der Waals surface area contributed by atoms with E-state index in [-0.39, 0.29) is 17.6 Å². The lowest BCUT2D eigenvalue weighted by atomic mass is 10.2. The Balaban J connectivity index is 1.71. The second kappa shape index (κ2) is 11.2. The lowest BCUT2D eigenvalue weighted by Crippen LogP contribution is -2.14. The Bertz CT molecular complexity index is 622. The number of methoxy groups -OCH3 is 1. The number of ether oxygens (including phenoxy) is 4. The number of ketones is 1. The average Bonchev–Trinajstić information content (AvgIpc) is 3.10. The summed E-state index contributed by atoms with van der Waals surface area (Å²) in [6.07, 6.45) is 0. The first-order valence-corrected chi connectivity index (χ1v) is 9.42. The zero-order valence-corrected chi connectivity index (χ0v) is 15.9. The van der Waals surface area contributed by atoms with Crippen LogP contribution in [0.3, 0.4) is 0 Å². The number of rotatable bonds is 12. The number of benzene rings is 1. The molecule has 0 unspecified atom stereocenters. The van der Waals surface area contributed by atoms with E-state index in [9.17, 15) is 9.90 Å². The highest BCUT2D eigenvalue weighted by Crippen LogP contribution is 2.31. The highest BCUT2D eigenvalue weighted by atomic mass is 32.2. The summed E-state index contributed by atoms with van der Waals surface area (Å²) >= 11 is 1.47. The third kappa shape index (κ3) is 6.60. The first-order chi connectivity index (χ1) is 12.6. The van der Waals surface area contributed by atoms with Gasteiger partial charge in [-0.3, -0.25) is 9.79 Å². The minimum absolute atomic E-state index is 0.0380. The van der Waals surface area contributed by atoms with E-state index in [1.807, 2.05) is 0 Å². The van der Waals surface area contributed by atoms with Crippen LogP contribution in [0, 0.1) is 0 Å². The van der Waals surface area contributed by atoms with Crippen molar-refractivity contribution in [3.05, 3.63) is 23.8 Å². The first kappa shape index (κ1) is 20.7. The summed E-state index contributed by atoms with van der Waals surface area (Å²) in [4.78, 5) is 15.8. The Labute approximate surface area is 157 Å². The third-order valence-corrected chi connectivity index (χ3v) is 4.70. The number of carbonyl (C=O) groups is 1. The van der Waals surface area contributed by atoms with Crippen molar-refractivity contribution < 1.29 is 28.8 Å². The normalized spacial score (nSPS) is 16.5. The van der Waals surface area contributed by atoms with Gasteiger partial charge in [0.2, 0.25) is 0 Å². The quantitative estimate of drug-likeness (QED) is 0.552. The zero-order chi connectivity index (χ0) is 18.8. The molecule has 1 heterocycles. The van der Waals surface area contributed by atoms with Gasteiger partial charge in [-0.1, -0.05) is 0 Å². The Kier molecular flexibility index (Phi) is 8.90. The van der Waals surface area contributed by atoms with Crippen molar-refractivity contribution in [1.82, 2.24) is 0 Å². The molecule has 7 nitrogen and oxygen atoms in total. The van der Waals surface area contributed by atoms with Crippen molar-refractivity contribution in [3.63, 3.8) is 0 Å². The number of aliphatic imine (C=N–C) groups is 1. The maximum atomic E-state index is 11.4. The van der Waals surface area contributed by atoms with Crippen molar-refractivity contribution in [2.75, 3.05) is 52.5 Å². The minimum Gasteiger partial charge on any atom is -0.507 e. The second-order valence-electron chi connectivity index (χ2n) is 5.62. The van der Waals surface area contributed by atoms with Crippen molar-refractivity contribution in [1.29, 1.82) is 0 Å². The Morgan fingerprint density at radius 2 is 1.88 bits per heavy atom. The predicted molar refractivity (Wildman–Crippen MR) is 101 cm³/mol. The fraction of sp³-hybridized carbons (Fsp3) is 0.556. The molecule has 0 aromatic heterocycles. The fourth-order valence-electron chi connectivity index (χ4n) is 2.19. The number of thioether (sulfide) groups is 1. The van der Waals surface area contributed by atoms with E-state index in [1.165, 1.54) is 18.7 Å². The van der Waals surface area contributed by atoms with E-state index in [1.54, 1.807) is 25.3 Å². The molecular formula is C18H25NO6S. The number of nitrogens with zero attached hydrogens (tertiary/aromatic N) is 1. The van der Waals surface area contributed by atoms with E-state index < -0.39 is 0 Å². The van der Waals surface area contributed by atoms with E-state index in [0.29, 0.717) is 61.8 Å². The molecule has 0 saturated heterocycles. The number of Topliss-reactive ketones (excluding diaryl/α,β-unsaturated/α-hetero) is 1. The van der Waals surface area contributed by atoms with Crippen molar-refractivity contribution in [3.8, 4) is 11.5 Å². The Morgan fingerprint density at radius 1 is 1.19 bits per heavy atom. The third-order valence-electron chi connectivity index (χ3n) is 3.62. The van der Waals surface area contributed by atoms with Gasteiger partial charge in [0.1, 0.15) is 29.2 Å². The molecular weight excluding hydrogens is 358 g/mol. The molecule has 1 aliphatic rings. The minimum atomic E-state index is -0.319. The van der Waals surface area contributed by atoms with E-state index in [2.05, 4.69) is 4.99 Å². The fourth-order valence-corrected chi connectivity index (χ4v) is 3.35. The van der Waals surface area contributed by atoms with Crippen LogP contribution in [0.2, 0.25) is 0 Å². The van der Waals surface area contributed by atoms with Gasteiger partial charge in [-0.2, -0.15) is 0 Å². The molecule has 0 aliphatic carbocycles. The van der Waals surface area contributed by atoms with Crippen molar-refractivity contribution in [2.24, 2.45) is 4.99 Å².